The number of nitrogens with zero attached hydrogens (tertiary/aromatic N) is 4. The van der Waals surface area contributed by atoms with Crippen molar-refractivity contribution in [2.75, 3.05) is 10.6 Å². The maximum Gasteiger partial charge on any atom is 0.255 e. The molecule has 7 nitrogen and oxygen atoms in total. The van der Waals surface area contributed by atoms with E-state index in [1.807, 2.05) is 54.6 Å². The van der Waals surface area contributed by atoms with Crippen LogP contribution in [-0.4, -0.2) is 25.9 Å². The molecule has 2 aromatic carbocycles. The van der Waals surface area contributed by atoms with Gasteiger partial charge in [-0.25, -0.2) is 4.68 Å². The first kappa shape index (κ1) is 17.9. The first-order chi connectivity index (χ1) is 13.7. The first-order valence-corrected chi connectivity index (χ1v) is 9.24. The molecule has 28 heavy (non-hydrogen) atoms. The molecule has 1 amide bonds. The maximum atomic E-state index is 12.3. The van der Waals surface area contributed by atoms with E-state index >= 15 is 0 Å². The highest BCUT2D eigenvalue weighted by atomic mass is 79.9. The Bertz CT molecular complexity index is 1080. The van der Waals surface area contributed by atoms with Crippen molar-refractivity contribution in [3.8, 4) is 5.82 Å². The Morgan fingerprint density at radius 3 is 2.43 bits per heavy atom. The van der Waals surface area contributed by atoms with Gasteiger partial charge in [0, 0.05) is 33.8 Å². The minimum Gasteiger partial charge on any atom is -0.339 e. The molecule has 8 heteroatoms. The Morgan fingerprint density at radius 2 is 1.75 bits per heavy atom. The first-order valence-electron chi connectivity index (χ1n) is 8.45. The van der Waals surface area contributed by atoms with E-state index in [4.69, 9.17) is 0 Å². The van der Waals surface area contributed by atoms with Crippen molar-refractivity contribution in [1.29, 1.82) is 0 Å². The zero-order valence-electron chi connectivity index (χ0n) is 14.6. The molecule has 2 N–H and O–H groups in total. The molecule has 4 rings (SSSR count). The maximum absolute atomic E-state index is 12.3. The van der Waals surface area contributed by atoms with Crippen molar-refractivity contribution in [2.24, 2.45) is 0 Å². The molecule has 0 aliphatic heterocycles. The molecular weight excluding hydrogens is 420 g/mol. The number of aromatic nitrogens is 4. The predicted octanol–water partition coefficient (Wildman–Crippen LogP) is 4.42. The smallest absolute Gasteiger partial charge is 0.255 e. The number of hydrogen-bond donors (Lipinski definition) is 2. The van der Waals surface area contributed by atoms with Crippen LogP contribution in [0.25, 0.3) is 5.82 Å². The van der Waals surface area contributed by atoms with Crippen LogP contribution in [0.15, 0.2) is 83.6 Å². The summed E-state index contributed by atoms with van der Waals surface area (Å²) in [5.74, 6) is 1.09. The highest BCUT2D eigenvalue weighted by Crippen LogP contribution is 2.19. The summed E-state index contributed by atoms with van der Waals surface area (Å²) < 4.78 is 2.50. The minimum absolute atomic E-state index is 0.165. The van der Waals surface area contributed by atoms with E-state index in [9.17, 15) is 4.79 Å². The molecule has 0 unspecified atom stereocenters. The second-order valence-corrected chi connectivity index (χ2v) is 6.81. The van der Waals surface area contributed by atoms with Crippen LogP contribution in [0.2, 0.25) is 0 Å². The van der Waals surface area contributed by atoms with E-state index in [1.54, 1.807) is 29.2 Å². The molecule has 2 aromatic heterocycles. The van der Waals surface area contributed by atoms with Crippen LogP contribution in [0.1, 0.15) is 10.4 Å². The normalized spacial score (nSPS) is 10.5. The van der Waals surface area contributed by atoms with Gasteiger partial charge in [0.15, 0.2) is 11.6 Å². The van der Waals surface area contributed by atoms with Gasteiger partial charge in [-0.3, -0.25) is 4.79 Å². The van der Waals surface area contributed by atoms with E-state index in [1.165, 1.54) is 0 Å². The van der Waals surface area contributed by atoms with Crippen molar-refractivity contribution in [1.82, 2.24) is 20.0 Å². The van der Waals surface area contributed by atoms with E-state index < -0.39 is 0 Å². The average Bonchev–Trinajstić information content (AvgIpc) is 3.25. The quantitative estimate of drug-likeness (QED) is 0.485. The third-order valence-corrected chi connectivity index (χ3v) is 4.38. The lowest BCUT2D eigenvalue weighted by Crippen LogP contribution is -2.11. The number of nitrogens with one attached hydrogen (secondary N) is 2. The van der Waals surface area contributed by atoms with Crippen LogP contribution in [0.5, 0.6) is 0 Å². The third-order valence-electron chi connectivity index (χ3n) is 3.89. The molecule has 4 aromatic rings. The number of rotatable bonds is 5. The molecule has 0 saturated heterocycles. The number of benzene rings is 2. The fourth-order valence-corrected chi connectivity index (χ4v) is 2.94. The third kappa shape index (κ3) is 4.24. The monoisotopic (exact) mass is 434 g/mol. The van der Waals surface area contributed by atoms with Crippen LogP contribution in [0, 0.1) is 0 Å². The van der Waals surface area contributed by atoms with Crippen LogP contribution < -0.4 is 10.6 Å². The molecular formula is C20H15BrN6O. The van der Waals surface area contributed by atoms with Gasteiger partial charge < -0.3 is 10.6 Å². The molecule has 0 saturated carbocycles. The molecule has 0 atom stereocenters. The summed E-state index contributed by atoms with van der Waals surface area (Å²) in [5.41, 5.74) is 2.13. The van der Waals surface area contributed by atoms with E-state index in [0.29, 0.717) is 22.9 Å². The zero-order chi connectivity index (χ0) is 19.3. The summed E-state index contributed by atoms with van der Waals surface area (Å²) in [6, 6.07) is 20.1. The second kappa shape index (κ2) is 8.01. The van der Waals surface area contributed by atoms with Gasteiger partial charge in [-0.15, -0.1) is 10.2 Å². The van der Waals surface area contributed by atoms with Gasteiger partial charge in [0.05, 0.1) is 0 Å². The summed E-state index contributed by atoms with van der Waals surface area (Å²) in [7, 11) is 0. The number of anilines is 3. The number of amides is 1. The van der Waals surface area contributed by atoms with Gasteiger partial charge in [-0.1, -0.05) is 22.0 Å². The molecule has 0 radical (unpaired) electrons. The van der Waals surface area contributed by atoms with Gasteiger partial charge in [0.2, 0.25) is 0 Å². The van der Waals surface area contributed by atoms with Crippen molar-refractivity contribution in [3.05, 3.63) is 89.2 Å². The van der Waals surface area contributed by atoms with Crippen LogP contribution in [0.4, 0.5) is 17.2 Å². The van der Waals surface area contributed by atoms with E-state index in [2.05, 4.69) is 41.9 Å². The summed E-state index contributed by atoms with van der Waals surface area (Å²) in [6.07, 6.45) is 3.49. The van der Waals surface area contributed by atoms with E-state index in [0.717, 1.165) is 10.2 Å². The lowest BCUT2D eigenvalue weighted by Gasteiger charge is -2.08. The number of carbonyl (C=O) groups is 1. The summed E-state index contributed by atoms with van der Waals surface area (Å²) in [4.78, 5) is 12.3. The van der Waals surface area contributed by atoms with Crippen molar-refractivity contribution < 1.29 is 4.79 Å². The Kier molecular flexibility index (Phi) is 5.11. The number of carbonyl (C=O) groups excluding carboxylic acids is 1. The zero-order valence-corrected chi connectivity index (χ0v) is 16.2. The van der Waals surface area contributed by atoms with E-state index in [-0.39, 0.29) is 5.91 Å². The largest absolute Gasteiger partial charge is 0.339 e. The van der Waals surface area contributed by atoms with Gasteiger partial charge >= 0.3 is 0 Å². The minimum atomic E-state index is -0.165. The van der Waals surface area contributed by atoms with Gasteiger partial charge in [-0.2, -0.15) is 5.10 Å². The molecule has 0 aliphatic carbocycles. The molecule has 0 bridgehead atoms. The summed E-state index contributed by atoms with van der Waals surface area (Å²) >= 11 is 3.37. The van der Waals surface area contributed by atoms with Crippen molar-refractivity contribution in [2.45, 2.75) is 0 Å². The Hall–Kier alpha value is -3.52. The van der Waals surface area contributed by atoms with Crippen LogP contribution in [0.3, 0.4) is 0 Å². The van der Waals surface area contributed by atoms with Crippen molar-refractivity contribution in [3.63, 3.8) is 0 Å². The SMILES string of the molecule is O=C(Nc1ccc(Nc2ccc(-n3cccn3)nn2)cc1)c1cccc(Br)c1. The van der Waals surface area contributed by atoms with Gasteiger partial charge in [0.1, 0.15) is 0 Å². The molecule has 0 fully saturated rings. The average molecular weight is 435 g/mol. The highest BCUT2D eigenvalue weighted by molar-refractivity contribution is 9.10. The van der Waals surface area contributed by atoms with Crippen molar-refractivity contribution >= 4 is 39.0 Å². The summed E-state index contributed by atoms with van der Waals surface area (Å²) in [5, 5.41) is 18.5. The fourth-order valence-electron chi connectivity index (χ4n) is 2.54. The van der Waals surface area contributed by atoms with Gasteiger partial charge in [-0.05, 0) is 60.7 Å². The fraction of sp³-hybridized carbons (Fsp3) is 0. The topological polar surface area (TPSA) is 84.7 Å². The standard InChI is InChI=1S/C20H15BrN6O/c21-15-4-1-3-14(13-15)20(28)24-17-7-5-16(6-8-17)23-18-9-10-19(26-25-18)27-12-2-11-22-27/h1-13H,(H,23,25)(H,24,28). The Labute approximate surface area is 169 Å². The van der Waals surface area contributed by atoms with Crippen LogP contribution in [-0.2, 0) is 0 Å². The number of hydrogen-bond acceptors (Lipinski definition) is 5. The van der Waals surface area contributed by atoms with Gasteiger partial charge in [0.25, 0.3) is 5.91 Å². The lowest BCUT2D eigenvalue weighted by atomic mass is 10.2. The number of halogens is 1. The highest BCUT2D eigenvalue weighted by Gasteiger charge is 2.07. The van der Waals surface area contributed by atoms with Crippen LogP contribution >= 0.6 is 15.9 Å². The molecule has 0 aliphatic rings. The lowest BCUT2D eigenvalue weighted by molar-refractivity contribution is 0.102. The predicted molar refractivity (Wildman–Crippen MR) is 111 cm³/mol. The Morgan fingerprint density at radius 1 is 0.929 bits per heavy atom. The molecule has 138 valence electrons. The molecule has 0 spiro atoms. The Balaban J connectivity index is 1.40. The second-order valence-electron chi connectivity index (χ2n) is 5.89. The molecule has 2 heterocycles. The summed E-state index contributed by atoms with van der Waals surface area (Å²) in [6.45, 7) is 0.